The molecule has 0 aliphatic heterocycles. The van der Waals surface area contributed by atoms with Crippen LogP contribution in [0, 0.1) is 3.57 Å². The van der Waals surface area contributed by atoms with Crippen LogP contribution >= 0.6 is 34.2 Å². The second-order valence-corrected chi connectivity index (χ2v) is 5.71. The summed E-state index contributed by atoms with van der Waals surface area (Å²) in [5, 5.41) is 3.27. The van der Waals surface area contributed by atoms with Crippen LogP contribution in [0.3, 0.4) is 0 Å². The average Bonchev–Trinajstić information content (AvgIpc) is 2.38. The third kappa shape index (κ3) is 4.99. The average molecular weight is 395 g/mol. The number of nitrogens with one attached hydrogen (secondary N) is 1. The van der Waals surface area contributed by atoms with E-state index in [9.17, 15) is 9.59 Å². The van der Waals surface area contributed by atoms with E-state index in [1.165, 1.54) is 4.90 Å². The predicted octanol–water partition coefficient (Wildman–Crippen LogP) is 2.54. The van der Waals surface area contributed by atoms with E-state index in [1.807, 2.05) is 6.92 Å². The molecule has 0 fully saturated rings. The predicted molar refractivity (Wildman–Crippen MR) is 84.4 cm³/mol. The summed E-state index contributed by atoms with van der Waals surface area (Å²) in [7, 11) is 1.60. The van der Waals surface area contributed by atoms with Crippen LogP contribution < -0.4 is 5.32 Å². The summed E-state index contributed by atoms with van der Waals surface area (Å²) in [5.41, 5.74) is 0.483. The van der Waals surface area contributed by atoms with Crippen molar-refractivity contribution in [2.45, 2.75) is 13.3 Å². The molecule has 0 radical (unpaired) electrons. The van der Waals surface area contributed by atoms with Crippen molar-refractivity contribution in [2.75, 3.05) is 20.1 Å². The van der Waals surface area contributed by atoms with Gasteiger partial charge >= 0.3 is 0 Å². The van der Waals surface area contributed by atoms with Crippen LogP contribution in [-0.2, 0) is 4.79 Å². The summed E-state index contributed by atoms with van der Waals surface area (Å²) >= 11 is 8.08. The zero-order valence-electron chi connectivity index (χ0n) is 10.9. The minimum atomic E-state index is -0.218. The highest BCUT2D eigenvalue weighted by atomic mass is 127. The molecule has 6 heteroatoms. The van der Waals surface area contributed by atoms with Crippen LogP contribution in [-0.4, -0.2) is 36.9 Å². The summed E-state index contributed by atoms with van der Waals surface area (Å²) < 4.78 is 0.888. The topological polar surface area (TPSA) is 49.4 Å². The lowest BCUT2D eigenvalue weighted by atomic mass is 10.2. The van der Waals surface area contributed by atoms with E-state index in [4.69, 9.17) is 11.6 Å². The zero-order valence-corrected chi connectivity index (χ0v) is 13.8. The number of amides is 2. The number of halogens is 2. The van der Waals surface area contributed by atoms with Crippen molar-refractivity contribution in [1.29, 1.82) is 0 Å². The van der Waals surface area contributed by atoms with E-state index in [0.29, 0.717) is 17.1 Å². The fourth-order valence-electron chi connectivity index (χ4n) is 1.46. The molecule has 0 saturated heterocycles. The van der Waals surface area contributed by atoms with Crippen LogP contribution in [0.5, 0.6) is 0 Å². The van der Waals surface area contributed by atoms with Crippen LogP contribution in [0.25, 0.3) is 0 Å². The Kier molecular flexibility index (Phi) is 6.57. The van der Waals surface area contributed by atoms with Gasteiger partial charge < -0.3 is 10.2 Å². The van der Waals surface area contributed by atoms with Gasteiger partial charge in [-0.2, -0.15) is 0 Å². The number of nitrogens with zero attached hydrogens (tertiary/aromatic N) is 1. The maximum absolute atomic E-state index is 12.1. The number of rotatable bonds is 5. The monoisotopic (exact) mass is 394 g/mol. The van der Waals surface area contributed by atoms with Gasteiger partial charge in [-0.05, 0) is 47.2 Å². The lowest BCUT2D eigenvalue weighted by molar-refractivity contribution is -0.121. The smallest absolute Gasteiger partial charge is 0.254 e. The Bertz CT molecular complexity index is 480. The normalized spacial score (nSPS) is 10.1. The SMILES string of the molecule is CCCNC(=O)CN(C)C(=O)c1ccc(I)c(Cl)c1. The lowest BCUT2D eigenvalue weighted by Gasteiger charge is -2.17. The number of benzene rings is 1. The molecule has 0 atom stereocenters. The number of carbonyl (C=O) groups excluding carboxylic acids is 2. The number of hydrogen-bond acceptors (Lipinski definition) is 2. The molecule has 104 valence electrons. The second kappa shape index (κ2) is 7.69. The Hall–Kier alpha value is -0.820. The number of likely N-dealkylation sites (N-methyl/N-ethyl adjacent to an activating group) is 1. The second-order valence-electron chi connectivity index (χ2n) is 4.14. The third-order valence-electron chi connectivity index (χ3n) is 2.47. The van der Waals surface area contributed by atoms with Crippen LogP contribution in [0.4, 0.5) is 0 Å². The van der Waals surface area contributed by atoms with Crippen molar-refractivity contribution in [2.24, 2.45) is 0 Å². The van der Waals surface area contributed by atoms with Gasteiger partial charge in [-0.3, -0.25) is 9.59 Å². The molecule has 19 heavy (non-hydrogen) atoms. The van der Waals surface area contributed by atoms with Crippen molar-refractivity contribution in [3.63, 3.8) is 0 Å². The molecule has 0 spiro atoms. The van der Waals surface area contributed by atoms with Crippen molar-refractivity contribution in [1.82, 2.24) is 10.2 Å². The van der Waals surface area contributed by atoms with E-state index in [1.54, 1.807) is 25.2 Å². The van der Waals surface area contributed by atoms with Crippen molar-refractivity contribution in [3.05, 3.63) is 32.4 Å². The van der Waals surface area contributed by atoms with Gasteiger partial charge in [-0.25, -0.2) is 0 Å². The van der Waals surface area contributed by atoms with Crippen molar-refractivity contribution >= 4 is 46.0 Å². The Morgan fingerprint density at radius 1 is 1.42 bits per heavy atom. The molecule has 0 bridgehead atoms. The number of hydrogen-bond donors (Lipinski definition) is 1. The minimum Gasteiger partial charge on any atom is -0.355 e. The van der Waals surface area contributed by atoms with Gasteiger partial charge in [0.1, 0.15) is 0 Å². The highest BCUT2D eigenvalue weighted by Crippen LogP contribution is 2.20. The van der Waals surface area contributed by atoms with Crippen LogP contribution in [0.2, 0.25) is 5.02 Å². The molecule has 1 N–H and O–H groups in total. The lowest BCUT2D eigenvalue weighted by Crippen LogP contribution is -2.38. The number of carbonyl (C=O) groups is 2. The quantitative estimate of drug-likeness (QED) is 0.780. The first kappa shape index (κ1) is 16.2. The first-order valence-corrected chi connectivity index (χ1v) is 7.38. The Morgan fingerprint density at radius 2 is 2.11 bits per heavy atom. The summed E-state index contributed by atoms with van der Waals surface area (Å²) in [4.78, 5) is 25.0. The molecular weight excluding hydrogens is 379 g/mol. The molecule has 1 aromatic rings. The molecule has 0 saturated carbocycles. The molecule has 2 amide bonds. The Balaban J connectivity index is 2.66. The minimum absolute atomic E-state index is 0.0441. The largest absolute Gasteiger partial charge is 0.355 e. The molecule has 0 unspecified atom stereocenters. The Morgan fingerprint density at radius 3 is 2.68 bits per heavy atom. The molecule has 0 aliphatic carbocycles. The van der Waals surface area contributed by atoms with Crippen molar-refractivity contribution < 1.29 is 9.59 Å². The maximum Gasteiger partial charge on any atom is 0.254 e. The van der Waals surface area contributed by atoms with Gasteiger partial charge in [0.25, 0.3) is 5.91 Å². The van der Waals surface area contributed by atoms with E-state index in [-0.39, 0.29) is 18.4 Å². The maximum atomic E-state index is 12.1. The standard InChI is InChI=1S/C13H16ClIN2O2/c1-3-6-16-12(18)8-17(2)13(19)9-4-5-11(15)10(14)7-9/h4-5,7H,3,6,8H2,1-2H3,(H,16,18). The van der Waals surface area contributed by atoms with E-state index in [2.05, 4.69) is 27.9 Å². The fourth-order valence-corrected chi connectivity index (χ4v) is 1.97. The van der Waals surface area contributed by atoms with E-state index in [0.717, 1.165) is 9.99 Å². The molecule has 1 rings (SSSR count). The van der Waals surface area contributed by atoms with Gasteiger partial charge in [0, 0.05) is 22.7 Å². The van der Waals surface area contributed by atoms with Crippen molar-refractivity contribution in [3.8, 4) is 0 Å². The molecule has 1 aromatic carbocycles. The summed E-state index contributed by atoms with van der Waals surface area (Å²) in [5.74, 6) is -0.376. The van der Waals surface area contributed by atoms with Gasteiger partial charge in [-0.15, -0.1) is 0 Å². The van der Waals surface area contributed by atoms with E-state index < -0.39 is 0 Å². The van der Waals surface area contributed by atoms with Gasteiger partial charge in [0.05, 0.1) is 11.6 Å². The summed E-state index contributed by atoms with van der Waals surface area (Å²) in [6, 6.07) is 5.10. The van der Waals surface area contributed by atoms with Crippen LogP contribution in [0.15, 0.2) is 18.2 Å². The van der Waals surface area contributed by atoms with Crippen LogP contribution in [0.1, 0.15) is 23.7 Å². The van der Waals surface area contributed by atoms with Gasteiger partial charge in [0.15, 0.2) is 0 Å². The van der Waals surface area contributed by atoms with Gasteiger partial charge in [0.2, 0.25) is 5.91 Å². The molecule has 0 heterocycles. The summed E-state index contributed by atoms with van der Waals surface area (Å²) in [6.07, 6.45) is 0.871. The Labute approximate surface area is 131 Å². The molecule has 4 nitrogen and oxygen atoms in total. The third-order valence-corrected chi connectivity index (χ3v) is 4.04. The summed E-state index contributed by atoms with van der Waals surface area (Å²) in [6.45, 7) is 2.64. The first-order valence-electron chi connectivity index (χ1n) is 5.93. The molecular formula is C13H16ClIN2O2. The highest BCUT2D eigenvalue weighted by molar-refractivity contribution is 14.1. The molecule has 0 aliphatic rings. The zero-order chi connectivity index (χ0) is 14.4. The first-order chi connectivity index (χ1) is 8.95. The fraction of sp³-hybridized carbons (Fsp3) is 0.385. The van der Waals surface area contributed by atoms with Gasteiger partial charge in [-0.1, -0.05) is 18.5 Å². The van der Waals surface area contributed by atoms with E-state index >= 15 is 0 Å². The highest BCUT2D eigenvalue weighted by Gasteiger charge is 2.15. The molecule has 0 aromatic heterocycles.